The molecular weight excluding hydrogens is 469 g/mol. The number of carbonyl (C=O) groups is 2. The van der Waals surface area contributed by atoms with Crippen molar-refractivity contribution in [2.45, 2.75) is 47.9 Å². The van der Waals surface area contributed by atoms with Gasteiger partial charge in [-0.3, -0.25) is 9.59 Å². The summed E-state index contributed by atoms with van der Waals surface area (Å²) < 4.78 is 0. The van der Waals surface area contributed by atoms with Gasteiger partial charge in [-0.05, 0) is 58.7 Å². The second-order valence-electron chi connectivity index (χ2n) is 6.22. The molecule has 0 aliphatic carbocycles. The van der Waals surface area contributed by atoms with Crippen LogP contribution in [0.3, 0.4) is 0 Å². The average molecular weight is 499 g/mol. The fraction of sp³-hybridized carbons (Fsp3) is 0.429. The Morgan fingerprint density at radius 2 is 1.48 bits per heavy atom. The van der Waals surface area contributed by atoms with Crippen LogP contribution in [0.5, 0.6) is 0 Å². The minimum Gasteiger partial charge on any atom is -0.359 e. The Kier molecular flexibility index (Phi) is 16.3. The molecule has 0 fully saturated rings. The van der Waals surface area contributed by atoms with Crippen LogP contribution in [0.2, 0.25) is 0 Å². The van der Waals surface area contributed by atoms with Crippen molar-refractivity contribution in [1.82, 2.24) is 20.6 Å². The minimum absolute atomic E-state index is 0.107. The zero-order valence-corrected chi connectivity index (χ0v) is 21.3. The van der Waals surface area contributed by atoms with Crippen LogP contribution in [0.4, 0.5) is 0 Å². The molecule has 6 nitrogen and oxygen atoms in total. The van der Waals surface area contributed by atoms with Crippen molar-refractivity contribution in [2.24, 2.45) is 0 Å². The van der Waals surface area contributed by atoms with Gasteiger partial charge in [0.25, 0.3) is 0 Å². The van der Waals surface area contributed by atoms with Crippen molar-refractivity contribution in [3.05, 3.63) is 48.8 Å². The molecular formula is C21H30N4O2S4. The number of rotatable bonds is 12. The molecule has 1 unspecified atom stereocenters. The highest BCUT2D eigenvalue weighted by atomic mass is 33.1. The van der Waals surface area contributed by atoms with Gasteiger partial charge in [0.1, 0.15) is 10.1 Å². The van der Waals surface area contributed by atoms with E-state index in [1.807, 2.05) is 36.4 Å². The number of pyridine rings is 2. The van der Waals surface area contributed by atoms with Crippen molar-refractivity contribution >= 4 is 55.0 Å². The maximum atomic E-state index is 11.1. The highest BCUT2D eigenvalue weighted by Crippen LogP contribution is 2.34. The first-order chi connectivity index (χ1) is 15.0. The van der Waals surface area contributed by atoms with Crippen molar-refractivity contribution in [1.29, 1.82) is 0 Å². The van der Waals surface area contributed by atoms with Gasteiger partial charge in [-0.2, -0.15) is 0 Å². The van der Waals surface area contributed by atoms with Gasteiger partial charge >= 0.3 is 0 Å². The largest absolute Gasteiger partial charge is 0.359 e. The molecule has 2 amide bonds. The zero-order chi connectivity index (χ0) is 22.7. The smallest absolute Gasteiger partial charge is 0.219 e. The van der Waals surface area contributed by atoms with Crippen LogP contribution in [-0.2, 0) is 9.59 Å². The Labute approximate surface area is 201 Å². The van der Waals surface area contributed by atoms with Crippen LogP contribution >= 0.6 is 43.2 Å². The molecule has 31 heavy (non-hydrogen) atoms. The van der Waals surface area contributed by atoms with Crippen LogP contribution in [0.15, 0.2) is 58.8 Å². The van der Waals surface area contributed by atoms with Gasteiger partial charge in [0.2, 0.25) is 11.8 Å². The number of nitrogens with zero attached hydrogens (tertiary/aromatic N) is 2. The van der Waals surface area contributed by atoms with Crippen molar-refractivity contribution in [3.63, 3.8) is 0 Å². The summed E-state index contributed by atoms with van der Waals surface area (Å²) in [6, 6.07) is 11.7. The molecule has 0 aromatic carbocycles. The number of nitrogens with one attached hydrogen (secondary N) is 2. The first-order valence-corrected chi connectivity index (χ1v) is 14.4. The second kappa shape index (κ2) is 18.2. The quantitative estimate of drug-likeness (QED) is 0.309. The van der Waals surface area contributed by atoms with Crippen molar-refractivity contribution < 1.29 is 9.59 Å². The normalized spacial score (nSPS) is 11.1. The van der Waals surface area contributed by atoms with Crippen LogP contribution in [0.25, 0.3) is 0 Å². The van der Waals surface area contributed by atoms with Gasteiger partial charge in [-0.1, -0.05) is 40.6 Å². The number of amides is 2. The van der Waals surface area contributed by atoms with E-state index in [2.05, 4.69) is 27.5 Å². The van der Waals surface area contributed by atoms with E-state index in [1.54, 1.807) is 69.7 Å². The molecule has 2 aromatic rings. The molecule has 10 heteroatoms. The summed E-state index contributed by atoms with van der Waals surface area (Å²) in [4.78, 5) is 30.4. The third-order valence-corrected chi connectivity index (χ3v) is 8.90. The lowest BCUT2D eigenvalue weighted by Gasteiger charge is -2.08. The summed E-state index contributed by atoms with van der Waals surface area (Å²) in [5.74, 6) is 1.18. The summed E-state index contributed by atoms with van der Waals surface area (Å²) in [5, 5.41) is 7.71. The SMILES string of the molecule is CNC(=O)CCC(C)SSc1ccccn1.CNC(=O)CCCSSc1ccccn1. The number of hydrogen-bond acceptors (Lipinski definition) is 8. The highest BCUT2D eigenvalue weighted by Gasteiger charge is 2.07. The maximum absolute atomic E-state index is 11.1. The number of aromatic nitrogens is 2. The van der Waals surface area contributed by atoms with E-state index in [4.69, 9.17) is 0 Å². The topological polar surface area (TPSA) is 84.0 Å². The lowest BCUT2D eigenvalue weighted by molar-refractivity contribution is -0.121. The molecule has 2 aromatic heterocycles. The minimum atomic E-state index is 0.107. The third kappa shape index (κ3) is 15.1. The standard InChI is InChI=1S/C11H16N2OS2.C10H14N2OS2/c1-9(6-7-10(14)12-2)15-16-11-5-3-4-8-13-11;1-11-9(13)5-4-8-14-15-10-6-2-3-7-12-10/h3-5,8-9H,6-7H2,1-2H3,(H,12,14);2-3,6-7H,4-5,8H2,1H3,(H,11,13). The van der Waals surface area contributed by atoms with Gasteiger partial charge in [0.15, 0.2) is 0 Å². The van der Waals surface area contributed by atoms with E-state index in [-0.39, 0.29) is 11.8 Å². The summed E-state index contributed by atoms with van der Waals surface area (Å²) in [6.45, 7) is 2.13. The van der Waals surface area contributed by atoms with E-state index in [9.17, 15) is 9.59 Å². The fourth-order valence-corrected chi connectivity index (χ4v) is 6.00. The Hall–Kier alpha value is -1.36. The van der Waals surface area contributed by atoms with Crippen LogP contribution < -0.4 is 10.6 Å². The van der Waals surface area contributed by atoms with E-state index in [0.717, 1.165) is 28.6 Å². The Bertz CT molecular complexity index is 739. The first kappa shape index (κ1) is 27.7. The molecule has 0 saturated carbocycles. The predicted molar refractivity (Wildman–Crippen MR) is 136 cm³/mol. The summed E-state index contributed by atoms with van der Waals surface area (Å²) in [5.41, 5.74) is 0. The van der Waals surface area contributed by atoms with E-state index >= 15 is 0 Å². The van der Waals surface area contributed by atoms with Gasteiger partial charge < -0.3 is 10.6 Å². The number of carbonyl (C=O) groups excluding carboxylic acids is 2. The van der Waals surface area contributed by atoms with E-state index < -0.39 is 0 Å². The highest BCUT2D eigenvalue weighted by molar-refractivity contribution is 8.77. The molecule has 0 spiro atoms. The molecule has 2 rings (SSSR count). The molecule has 0 aliphatic heterocycles. The van der Waals surface area contributed by atoms with Gasteiger partial charge in [-0.25, -0.2) is 9.97 Å². The van der Waals surface area contributed by atoms with Gasteiger partial charge in [0, 0.05) is 50.3 Å². The first-order valence-electron chi connectivity index (χ1n) is 9.91. The molecule has 2 N–H and O–H groups in total. The van der Waals surface area contributed by atoms with E-state index in [0.29, 0.717) is 18.1 Å². The second-order valence-corrected chi connectivity index (χ2v) is 11.3. The van der Waals surface area contributed by atoms with Crippen molar-refractivity contribution in [3.8, 4) is 0 Å². The summed E-state index contributed by atoms with van der Waals surface area (Å²) >= 11 is 0. The Balaban J connectivity index is 0.000000311. The molecule has 0 saturated heterocycles. The van der Waals surface area contributed by atoms with Gasteiger partial charge in [-0.15, -0.1) is 0 Å². The number of hydrogen-bond donors (Lipinski definition) is 2. The molecule has 0 aliphatic rings. The molecule has 0 bridgehead atoms. The molecule has 1 atom stereocenters. The average Bonchev–Trinajstić information content (AvgIpc) is 2.82. The summed E-state index contributed by atoms with van der Waals surface area (Å²) in [6.07, 6.45) is 6.57. The third-order valence-electron chi connectivity index (χ3n) is 3.68. The lowest BCUT2D eigenvalue weighted by Crippen LogP contribution is -2.18. The predicted octanol–water partition coefficient (Wildman–Crippen LogP) is 5.08. The van der Waals surface area contributed by atoms with Crippen LogP contribution in [0.1, 0.15) is 32.6 Å². The van der Waals surface area contributed by atoms with Crippen molar-refractivity contribution in [2.75, 3.05) is 19.8 Å². The van der Waals surface area contributed by atoms with Crippen LogP contribution in [-0.4, -0.2) is 46.9 Å². The fourth-order valence-electron chi connectivity index (χ4n) is 1.95. The van der Waals surface area contributed by atoms with E-state index in [1.165, 1.54) is 0 Å². The Morgan fingerprint density at radius 3 is 2.03 bits per heavy atom. The van der Waals surface area contributed by atoms with Crippen LogP contribution in [0, 0.1) is 0 Å². The lowest BCUT2D eigenvalue weighted by atomic mass is 10.2. The molecule has 0 radical (unpaired) electrons. The van der Waals surface area contributed by atoms with Gasteiger partial charge in [0.05, 0.1) is 0 Å². The maximum Gasteiger partial charge on any atom is 0.219 e. The zero-order valence-electron chi connectivity index (χ0n) is 18.1. The monoisotopic (exact) mass is 498 g/mol. The Morgan fingerprint density at radius 1 is 0.903 bits per heavy atom. The molecule has 2 heterocycles. The molecule has 170 valence electrons. The summed E-state index contributed by atoms with van der Waals surface area (Å²) in [7, 11) is 10.1.